The molecule has 20 heavy (non-hydrogen) atoms. The number of rotatable bonds is 4. The molecule has 0 bridgehead atoms. The first-order chi connectivity index (χ1) is 9.78. The molecule has 0 radical (unpaired) electrons. The fourth-order valence-electron chi connectivity index (χ4n) is 2.53. The van der Waals surface area contributed by atoms with Crippen LogP contribution >= 0.6 is 23.1 Å². The lowest BCUT2D eigenvalue weighted by molar-refractivity contribution is 0.187. The van der Waals surface area contributed by atoms with Crippen LogP contribution in [0.25, 0.3) is 0 Å². The molecule has 3 rings (SSSR count). The SMILES string of the molecule is COc1ccsc1CN1CCSC[C@H]1c1ccc(C)o1. The average molecular weight is 309 g/mol. The predicted molar refractivity (Wildman–Crippen MR) is 84.8 cm³/mol. The monoisotopic (exact) mass is 309 g/mol. The summed E-state index contributed by atoms with van der Waals surface area (Å²) in [5.74, 6) is 5.36. The third kappa shape index (κ3) is 2.90. The third-order valence-corrected chi connectivity index (χ3v) is 5.51. The van der Waals surface area contributed by atoms with Gasteiger partial charge in [-0.25, -0.2) is 0 Å². The molecule has 0 spiro atoms. The highest BCUT2D eigenvalue weighted by Crippen LogP contribution is 2.34. The summed E-state index contributed by atoms with van der Waals surface area (Å²) in [6.07, 6.45) is 0. The molecule has 0 N–H and O–H groups in total. The van der Waals surface area contributed by atoms with Crippen LogP contribution in [-0.2, 0) is 6.54 Å². The number of hydrogen-bond donors (Lipinski definition) is 0. The zero-order valence-corrected chi connectivity index (χ0v) is 13.4. The van der Waals surface area contributed by atoms with Crippen molar-refractivity contribution in [1.82, 2.24) is 4.90 Å². The molecule has 0 amide bonds. The van der Waals surface area contributed by atoms with E-state index in [0.29, 0.717) is 6.04 Å². The fourth-order valence-corrected chi connectivity index (χ4v) is 4.52. The molecule has 1 saturated heterocycles. The van der Waals surface area contributed by atoms with Gasteiger partial charge in [0.15, 0.2) is 0 Å². The Hall–Kier alpha value is -0.910. The van der Waals surface area contributed by atoms with E-state index in [1.807, 2.05) is 24.8 Å². The number of hydrogen-bond acceptors (Lipinski definition) is 5. The van der Waals surface area contributed by atoms with E-state index >= 15 is 0 Å². The van der Waals surface area contributed by atoms with Crippen LogP contribution in [0, 0.1) is 6.92 Å². The van der Waals surface area contributed by atoms with Crippen LogP contribution in [0.5, 0.6) is 5.75 Å². The minimum absolute atomic E-state index is 0.370. The van der Waals surface area contributed by atoms with Crippen LogP contribution in [0.2, 0.25) is 0 Å². The van der Waals surface area contributed by atoms with Crippen LogP contribution in [-0.4, -0.2) is 30.1 Å². The molecule has 1 atom stereocenters. The molecule has 2 aromatic heterocycles. The third-order valence-electron chi connectivity index (χ3n) is 3.60. The second kappa shape index (κ2) is 6.24. The van der Waals surface area contributed by atoms with Gasteiger partial charge in [0.25, 0.3) is 0 Å². The van der Waals surface area contributed by atoms with Gasteiger partial charge in [-0.05, 0) is 30.5 Å². The van der Waals surface area contributed by atoms with Crippen LogP contribution in [0.3, 0.4) is 0 Å². The Morgan fingerprint density at radius 1 is 1.40 bits per heavy atom. The topological polar surface area (TPSA) is 25.6 Å². The Morgan fingerprint density at radius 2 is 2.30 bits per heavy atom. The summed E-state index contributed by atoms with van der Waals surface area (Å²) in [5, 5.41) is 2.10. The molecule has 0 aromatic carbocycles. The Bertz CT molecular complexity index is 564. The van der Waals surface area contributed by atoms with Crippen molar-refractivity contribution in [2.24, 2.45) is 0 Å². The first kappa shape index (κ1) is 14.0. The van der Waals surface area contributed by atoms with Gasteiger partial charge in [0.05, 0.1) is 18.0 Å². The number of methoxy groups -OCH3 is 1. The van der Waals surface area contributed by atoms with Crippen molar-refractivity contribution < 1.29 is 9.15 Å². The van der Waals surface area contributed by atoms with Gasteiger partial charge in [-0.15, -0.1) is 11.3 Å². The maximum atomic E-state index is 5.85. The van der Waals surface area contributed by atoms with E-state index in [0.717, 1.165) is 36.1 Å². The number of thioether (sulfide) groups is 1. The van der Waals surface area contributed by atoms with Gasteiger partial charge < -0.3 is 9.15 Å². The zero-order valence-electron chi connectivity index (χ0n) is 11.8. The van der Waals surface area contributed by atoms with Gasteiger partial charge in [0.2, 0.25) is 0 Å². The minimum atomic E-state index is 0.370. The van der Waals surface area contributed by atoms with Crippen molar-refractivity contribution in [3.63, 3.8) is 0 Å². The molecule has 1 aliphatic heterocycles. The van der Waals surface area contributed by atoms with E-state index in [1.54, 1.807) is 18.4 Å². The summed E-state index contributed by atoms with van der Waals surface area (Å²) in [6.45, 7) is 4.04. The van der Waals surface area contributed by atoms with Crippen LogP contribution in [0.4, 0.5) is 0 Å². The first-order valence-corrected chi connectivity index (χ1v) is 8.80. The minimum Gasteiger partial charge on any atom is -0.496 e. The van der Waals surface area contributed by atoms with E-state index in [-0.39, 0.29) is 0 Å². The van der Waals surface area contributed by atoms with Crippen LogP contribution in [0.15, 0.2) is 28.0 Å². The van der Waals surface area contributed by atoms with E-state index in [1.165, 1.54) is 10.6 Å². The van der Waals surface area contributed by atoms with E-state index in [9.17, 15) is 0 Å². The Balaban J connectivity index is 1.79. The van der Waals surface area contributed by atoms with Gasteiger partial charge in [-0.3, -0.25) is 4.90 Å². The highest BCUT2D eigenvalue weighted by Gasteiger charge is 2.27. The number of nitrogens with zero attached hydrogens (tertiary/aromatic N) is 1. The van der Waals surface area contributed by atoms with Crippen molar-refractivity contribution >= 4 is 23.1 Å². The van der Waals surface area contributed by atoms with E-state index < -0.39 is 0 Å². The molecule has 1 fully saturated rings. The van der Waals surface area contributed by atoms with E-state index in [2.05, 4.69) is 22.4 Å². The van der Waals surface area contributed by atoms with Crippen molar-refractivity contribution in [3.8, 4) is 5.75 Å². The van der Waals surface area contributed by atoms with Gasteiger partial charge in [-0.2, -0.15) is 11.8 Å². The molecular formula is C15H19NO2S2. The highest BCUT2D eigenvalue weighted by atomic mass is 32.2. The molecule has 108 valence electrons. The predicted octanol–water partition coefficient (Wildman–Crippen LogP) is 3.95. The largest absolute Gasteiger partial charge is 0.496 e. The number of aryl methyl sites for hydroxylation is 1. The van der Waals surface area contributed by atoms with E-state index in [4.69, 9.17) is 9.15 Å². The summed E-state index contributed by atoms with van der Waals surface area (Å²) in [4.78, 5) is 3.80. The van der Waals surface area contributed by atoms with Gasteiger partial charge in [-0.1, -0.05) is 0 Å². The average Bonchev–Trinajstić information content (AvgIpc) is 3.08. The van der Waals surface area contributed by atoms with Crippen molar-refractivity contribution in [3.05, 3.63) is 40.0 Å². The molecule has 5 heteroatoms. The smallest absolute Gasteiger partial charge is 0.134 e. The summed E-state index contributed by atoms with van der Waals surface area (Å²) in [6, 6.07) is 6.59. The molecule has 0 unspecified atom stereocenters. The zero-order chi connectivity index (χ0) is 13.9. The molecule has 1 aliphatic rings. The highest BCUT2D eigenvalue weighted by molar-refractivity contribution is 7.99. The van der Waals surface area contributed by atoms with Gasteiger partial charge in [0.1, 0.15) is 17.3 Å². The maximum absolute atomic E-state index is 5.85. The lowest BCUT2D eigenvalue weighted by Crippen LogP contribution is -2.35. The second-order valence-corrected chi connectivity index (χ2v) is 7.07. The van der Waals surface area contributed by atoms with Crippen molar-refractivity contribution in [2.45, 2.75) is 19.5 Å². The summed E-state index contributed by atoms with van der Waals surface area (Å²) in [7, 11) is 1.74. The van der Waals surface area contributed by atoms with Crippen molar-refractivity contribution in [2.75, 3.05) is 25.2 Å². The fraction of sp³-hybridized carbons (Fsp3) is 0.467. The summed E-state index contributed by atoms with van der Waals surface area (Å²) < 4.78 is 11.3. The van der Waals surface area contributed by atoms with Gasteiger partial charge in [0, 0.05) is 24.6 Å². The maximum Gasteiger partial charge on any atom is 0.134 e. The number of thiophene rings is 1. The quantitative estimate of drug-likeness (QED) is 0.854. The molecule has 3 heterocycles. The lowest BCUT2D eigenvalue weighted by atomic mass is 10.2. The second-order valence-electron chi connectivity index (χ2n) is 4.92. The summed E-state index contributed by atoms with van der Waals surface area (Å²) in [5.41, 5.74) is 0. The molecule has 0 saturated carbocycles. The normalized spacial score (nSPS) is 20.2. The first-order valence-electron chi connectivity index (χ1n) is 6.76. The molecule has 0 aliphatic carbocycles. The Kier molecular flexibility index (Phi) is 4.38. The standard InChI is InChI=1S/C15H19NO2S2/c1-11-3-4-13(18-11)12-10-19-8-6-16(12)9-15-14(17-2)5-7-20-15/h3-5,7,12H,6,8-10H2,1-2H3/t12-/m0/s1. The lowest BCUT2D eigenvalue weighted by Gasteiger charge is -2.33. The Morgan fingerprint density at radius 3 is 3.05 bits per heavy atom. The van der Waals surface area contributed by atoms with Crippen LogP contribution in [0.1, 0.15) is 22.4 Å². The Labute approximate surface area is 127 Å². The van der Waals surface area contributed by atoms with Crippen molar-refractivity contribution in [1.29, 1.82) is 0 Å². The molecular weight excluding hydrogens is 290 g/mol. The van der Waals surface area contributed by atoms with Crippen LogP contribution < -0.4 is 4.74 Å². The summed E-state index contributed by atoms with van der Waals surface area (Å²) >= 11 is 3.77. The van der Waals surface area contributed by atoms with Gasteiger partial charge >= 0.3 is 0 Å². The number of ether oxygens (including phenoxy) is 1. The molecule has 2 aromatic rings. The number of furan rings is 1. The molecule has 3 nitrogen and oxygen atoms in total.